The van der Waals surface area contributed by atoms with Crippen LogP contribution in [-0.2, 0) is 27.5 Å². The number of benzene rings is 1. The molecule has 2 heterocycles. The maximum atomic E-state index is 7.39. The number of hydrogen-bond acceptors (Lipinski definition) is 7. The molecule has 0 spiro atoms. The summed E-state index contributed by atoms with van der Waals surface area (Å²) in [6.45, 7) is 39.0. The van der Waals surface area contributed by atoms with Crippen molar-refractivity contribution in [3.8, 4) is 0 Å². The van der Waals surface area contributed by atoms with Crippen LogP contribution >= 0.6 is 11.8 Å². The van der Waals surface area contributed by atoms with Gasteiger partial charge >= 0.3 is 0 Å². The first-order chi connectivity index (χ1) is 20.2. The highest BCUT2D eigenvalue weighted by atomic mass is 32.2. The summed E-state index contributed by atoms with van der Waals surface area (Å²) in [5, 5.41) is 0.164. The van der Waals surface area contributed by atoms with E-state index in [2.05, 4.69) is 132 Å². The first-order valence-corrected chi connectivity index (χ1v) is 26.5. The van der Waals surface area contributed by atoms with Gasteiger partial charge in [0.1, 0.15) is 23.7 Å². The van der Waals surface area contributed by atoms with Crippen molar-refractivity contribution in [2.24, 2.45) is 0 Å². The first kappa shape index (κ1) is 39.4. The Labute approximate surface area is 283 Å². The molecule has 45 heavy (non-hydrogen) atoms. The molecule has 6 atom stereocenters. The quantitative estimate of drug-likeness (QED) is 0.226. The van der Waals surface area contributed by atoms with Crippen molar-refractivity contribution in [2.45, 2.75) is 184 Å². The maximum Gasteiger partial charge on any atom is 0.192 e. The van der Waals surface area contributed by atoms with Crippen LogP contribution in [0.2, 0.25) is 54.4 Å². The molecular weight excluding hydrogens is 633 g/mol. The van der Waals surface area contributed by atoms with Crippen LogP contribution in [-0.4, -0.2) is 73.3 Å². The Kier molecular flexibility index (Phi) is 12.0. The van der Waals surface area contributed by atoms with Gasteiger partial charge in [0.05, 0.1) is 18.8 Å². The van der Waals surface area contributed by atoms with Gasteiger partial charge < -0.3 is 27.5 Å². The molecule has 1 aromatic carbocycles. The summed E-state index contributed by atoms with van der Waals surface area (Å²) in [6.07, 6.45) is -0.759. The van der Waals surface area contributed by atoms with Crippen LogP contribution in [0.15, 0.2) is 35.2 Å². The fraction of sp³-hybridized carbons (Fsp3) is 0.829. The highest BCUT2D eigenvalue weighted by molar-refractivity contribution is 7.99. The molecule has 2 aliphatic rings. The van der Waals surface area contributed by atoms with Gasteiger partial charge in [-0.05, 0) is 80.4 Å². The summed E-state index contributed by atoms with van der Waals surface area (Å²) in [6, 6.07) is 10.5. The van der Waals surface area contributed by atoms with E-state index in [-0.39, 0.29) is 45.0 Å². The van der Waals surface area contributed by atoms with E-state index in [0.29, 0.717) is 6.61 Å². The Morgan fingerprint density at radius 2 is 1.24 bits per heavy atom. The van der Waals surface area contributed by atoms with Gasteiger partial charge in [0, 0.05) is 11.3 Å². The van der Waals surface area contributed by atoms with E-state index < -0.39 is 36.8 Å². The van der Waals surface area contributed by atoms with E-state index in [1.54, 1.807) is 11.8 Å². The van der Waals surface area contributed by atoms with E-state index in [4.69, 9.17) is 27.5 Å². The average molecular weight is 699 g/mol. The average Bonchev–Trinajstić information content (AvgIpc) is 3.16. The number of rotatable bonds is 10. The van der Waals surface area contributed by atoms with Gasteiger partial charge in [-0.25, -0.2) is 0 Å². The van der Waals surface area contributed by atoms with Gasteiger partial charge in [-0.1, -0.05) is 92.3 Å². The fourth-order valence-electron chi connectivity index (χ4n) is 4.94. The molecule has 0 amide bonds. The second-order valence-corrected chi connectivity index (χ2v) is 33.7. The zero-order valence-electron chi connectivity index (χ0n) is 31.6. The van der Waals surface area contributed by atoms with E-state index in [1.807, 2.05) is 13.8 Å². The lowest BCUT2D eigenvalue weighted by Gasteiger charge is -2.51. The molecular formula is C35H66O6SSi3. The van der Waals surface area contributed by atoms with Gasteiger partial charge in [-0.3, -0.25) is 0 Å². The molecule has 6 nitrogen and oxygen atoms in total. The van der Waals surface area contributed by atoms with Gasteiger partial charge in [0.2, 0.25) is 0 Å². The molecule has 2 aliphatic heterocycles. The number of hydrogen-bond donors (Lipinski definition) is 0. The summed E-state index contributed by atoms with van der Waals surface area (Å²) in [5.41, 5.74) is -0.124. The summed E-state index contributed by atoms with van der Waals surface area (Å²) < 4.78 is 42.1. The molecule has 260 valence electrons. The Balaban J connectivity index is 2.10. The van der Waals surface area contributed by atoms with E-state index in [0.717, 1.165) is 6.42 Å². The topological polar surface area (TPSA) is 55.4 Å². The number of thioether (sulfide) groups is 1. The second-order valence-electron chi connectivity index (χ2n) is 18.2. The molecule has 0 aromatic heterocycles. The molecule has 2 saturated heterocycles. The van der Waals surface area contributed by atoms with Gasteiger partial charge in [0.15, 0.2) is 30.7 Å². The van der Waals surface area contributed by atoms with Crippen LogP contribution in [0.5, 0.6) is 0 Å². The molecule has 3 rings (SSSR count). The summed E-state index contributed by atoms with van der Waals surface area (Å²) >= 11 is 1.76. The third-order valence-corrected chi connectivity index (χ3v) is 25.5. The third-order valence-electron chi connectivity index (χ3n) is 10.9. The van der Waals surface area contributed by atoms with Crippen molar-refractivity contribution >= 4 is 36.7 Å². The standard InChI is InChI=1S/C35H66O6SSi3/c1-32(2,3)43(12,13)36-24-27-29(39-35(10,11)38-27)31-30(41-45(16,17)34(7,8)9)26(40-44(14,15)33(4,5)6)23-28(37-31)42-25-21-19-18-20-22-25/h18-22,26-31H,23-24H2,1-17H3/t26-,27-,28?,29+,30-,31+/m1/s1. The van der Waals surface area contributed by atoms with Crippen LogP contribution in [0, 0.1) is 0 Å². The predicted molar refractivity (Wildman–Crippen MR) is 197 cm³/mol. The molecule has 0 radical (unpaired) electrons. The zero-order valence-corrected chi connectivity index (χ0v) is 35.4. The molecule has 1 aromatic rings. The minimum atomic E-state index is -2.25. The van der Waals surface area contributed by atoms with Crippen LogP contribution in [0.4, 0.5) is 0 Å². The van der Waals surface area contributed by atoms with Crippen molar-refractivity contribution in [1.82, 2.24) is 0 Å². The van der Waals surface area contributed by atoms with E-state index in [9.17, 15) is 0 Å². The largest absolute Gasteiger partial charge is 0.414 e. The van der Waals surface area contributed by atoms with Crippen LogP contribution in [0.25, 0.3) is 0 Å². The summed E-state index contributed by atoms with van der Waals surface area (Å²) in [5.74, 6) is -0.772. The minimum Gasteiger partial charge on any atom is -0.414 e. The van der Waals surface area contributed by atoms with E-state index in [1.165, 1.54) is 4.90 Å². The first-order valence-electron chi connectivity index (χ1n) is 16.9. The lowest BCUT2D eigenvalue weighted by Crippen LogP contribution is -2.63. The Morgan fingerprint density at radius 3 is 1.76 bits per heavy atom. The molecule has 1 unspecified atom stereocenters. The Morgan fingerprint density at radius 1 is 0.733 bits per heavy atom. The van der Waals surface area contributed by atoms with Crippen molar-refractivity contribution in [2.75, 3.05) is 6.61 Å². The molecule has 0 aliphatic carbocycles. The summed E-state index contributed by atoms with van der Waals surface area (Å²) in [4.78, 5) is 1.18. The normalized spacial score (nSPS) is 28.8. The third kappa shape index (κ3) is 9.79. The highest BCUT2D eigenvalue weighted by Crippen LogP contribution is 2.47. The highest BCUT2D eigenvalue weighted by Gasteiger charge is 2.56. The number of ether oxygens (including phenoxy) is 3. The van der Waals surface area contributed by atoms with Crippen LogP contribution in [0.3, 0.4) is 0 Å². The second kappa shape index (κ2) is 13.7. The lowest BCUT2D eigenvalue weighted by atomic mass is 9.95. The Bertz CT molecular complexity index is 1110. The molecule has 2 fully saturated rings. The van der Waals surface area contributed by atoms with Gasteiger partial charge in [-0.15, -0.1) is 0 Å². The summed E-state index contributed by atoms with van der Waals surface area (Å²) in [7, 11) is -6.45. The van der Waals surface area contributed by atoms with Gasteiger partial charge in [0.25, 0.3) is 0 Å². The zero-order chi connectivity index (χ0) is 34.4. The molecule has 0 N–H and O–H groups in total. The van der Waals surface area contributed by atoms with Crippen molar-refractivity contribution in [1.29, 1.82) is 0 Å². The lowest BCUT2D eigenvalue weighted by molar-refractivity contribution is -0.198. The van der Waals surface area contributed by atoms with Crippen LogP contribution < -0.4 is 0 Å². The molecule has 10 heteroatoms. The van der Waals surface area contributed by atoms with Gasteiger partial charge in [-0.2, -0.15) is 0 Å². The molecule has 0 bridgehead atoms. The van der Waals surface area contributed by atoms with Crippen LogP contribution in [0.1, 0.15) is 82.6 Å². The fourth-order valence-corrected chi connectivity index (χ4v) is 9.70. The smallest absolute Gasteiger partial charge is 0.192 e. The van der Waals surface area contributed by atoms with Crippen molar-refractivity contribution in [3.63, 3.8) is 0 Å². The Hall–Kier alpha value is -0.0194. The minimum absolute atomic E-state index is 0.0197. The SMILES string of the molecule is CC1(C)O[C@H]([C@@H]2OC(Sc3ccccc3)C[C@@H](O[Si](C)(C)C(C)(C)C)[C@H]2O[Si](C)(C)C(C)(C)C)[C@@H](CO[Si](C)(C)C(C)(C)C)O1. The van der Waals surface area contributed by atoms with E-state index >= 15 is 0 Å². The predicted octanol–water partition coefficient (Wildman–Crippen LogP) is 10.2. The van der Waals surface area contributed by atoms with Crippen molar-refractivity contribution < 1.29 is 27.5 Å². The molecule has 0 saturated carbocycles. The monoisotopic (exact) mass is 698 g/mol. The van der Waals surface area contributed by atoms with Crippen molar-refractivity contribution in [3.05, 3.63) is 30.3 Å². The maximum absolute atomic E-state index is 7.39.